The number of rotatable bonds is 4. The predicted octanol–water partition coefficient (Wildman–Crippen LogP) is 4.87. The number of aromatic amines is 1. The Kier molecular flexibility index (Phi) is 5.79. The van der Waals surface area contributed by atoms with Gasteiger partial charge < -0.3 is 10.3 Å². The first kappa shape index (κ1) is 20.7. The van der Waals surface area contributed by atoms with Crippen LogP contribution in [0, 0.1) is 6.92 Å². The summed E-state index contributed by atoms with van der Waals surface area (Å²) in [6.45, 7) is 1.29. The summed E-state index contributed by atoms with van der Waals surface area (Å²) >= 11 is 5.93. The van der Waals surface area contributed by atoms with Crippen molar-refractivity contribution in [2.24, 2.45) is 0 Å². The van der Waals surface area contributed by atoms with Crippen LogP contribution in [0.25, 0.3) is 0 Å². The highest BCUT2D eigenvalue weighted by atomic mass is 35.5. The van der Waals surface area contributed by atoms with Crippen LogP contribution in [0.1, 0.15) is 38.8 Å². The average molecular weight is 421 g/mol. The Morgan fingerprint density at radius 3 is 2.17 bits per heavy atom. The maximum absolute atomic E-state index is 12.9. The van der Waals surface area contributed by atoms with Crippen molar-refractivity contribution in [2.75, 3.05) is 0 Å². The van der Waals surface area contributed by atoms with Crippen molar-refractivity contribution < 1.29 is 18.0 Å². The van der Waals surface area contributed by atoms with Gasteiger partial charge in [-0.3, -0.25) is 9.59 Å². The van der Waals surface area contributed by atoms with Gasteiger partial charge in [0.1, 0.15) is 11.3 Å². The minimum Gasteiger partial charge on any atom is -0.341 e. The minimum absolute atomic E-state index is 0.0681. The molecule has 8 heteroatoms. The number of carbonyl (C=O) groups is 1. The molecule has 1 amide bonds. The van der Waals surface area contributed by atoms with Crippen molar-refractivity contribution in [2.45, 2.75) is 19.1 Å². The largest absolute Gasteiger partial charge is 0.431 e. The van der Waals surface area contributed by atoms with Crippen LogP contribution in [0.3, 0.4) is 0 Å². The van der Waals surface area contributed by atoms with Gasteiger partial charge in [-0.25, -0.2) is 0 Å². The number of nitrogens with one attached hydrogen (secondary N) is 2. The fourth-order valence-electron chi connectivity index (χ4n) is 2.99. The number of H-pyrrole nitrogens is 1. The highest BCUT2D eigenvalue weighted by Gasteiger charge is 2.33. The van der Waals surface area contributed by atoms with Gasteiger partial charge in [-0.15, -0.1) is 0 Å². The molecule has 3 rings (SSSR count). The number of amides is 1. The van der Waals surface area contributed by atoms with Gasteiger partial charge in [-0.05, 0) is 41.8 Å². The minimum atomic E-state index is -4.71. The number of carbonyl (C=O) groups excluding carboxylic acids is 1. The van der Waals surface area contributed by atoms with E-state index in [1.165, 1.54) is 6.92 Å². The van der Waals surface area contributed by atoms with Crippen molar-refractivity contribution in [3.05, 3.63) is 104 Å². The topological polar surface area (TPSA) is 62.0 Å². The van der Waals surface area contributed by atoms with Gasteiger partial charge in [0.25, 0.3) is 11.5 Å². The lowest BCUT2D eigenvalue weighted by Crippen LogP contribution is -2.35. The fraction of sp³-hybridized carbons (Fsp3) is 0.143. The predicted molar refractivity (Wildman–Crippen MR) is 104 cm³/mol. The molecule has 0 aliphatic carbocycles. The zero-order valence-electron chi connectivity index (χ0n) is 15.2. The third-order valence-corrected chi connectivity index (χ3v) is 4.63. The molecule has 0 radical (unpaired) electrons. The Hall–Kier alpha value is -3.06. The molecule has 1 unspecified atom stereocenters. The molecule has 4 nitrogen and oxygen atoms in total. The molecular formula is C21H16ClF3N2O2. The summed E-state index contributed by atoms with van der Waals surface area (Å²) in [7, 11) is 0. The van der Waals surface area contributed by atoms with E-state index in [1.807, 2.05) is 6.07 Å². The maximum Gasteiger partial charge on any atom is 0.431 e. The number of aromatic nitrogens is 1. The van der Waals surface area contributed by atoms with E-state index in [0.717, 1.165) is 11.6 Å². The van der Waals surface area contributed by atoms with Gasteiger partial charge in [0.15, 0.2) is 0 Å². The Labute approximate surface area is 169 Å². The second-order valence-electron chi connectivity index (χ2n) is 6.44. The number of halogens is 4. The van der Waals surface area contributed by atoms with Crippen LogP contribution in [-0.4, -0.2) is 10.9 Å². The van der Waals surface area contributed by atoms with Gasteiger partial charge in [0, 0.05) is 5.02 Å². The molecule has 2 aromatic carbocycles. The number of benzene rings is 2. The number of aryl methyl sites for hydroxylation is 1. The van der Waals surface area contributed by atoms with Crippen molar-refractivity contribution in [1.29, 1.82) is 0 Å². The molecule has 1 atom stereocenters. The number of alkyl halides is 3. The molecule has 0 aliphatic heterocycles. The third-order valence-electron chi connectivity index (χ3n) is 4.37. The Morgan fingerprint density at radius 2 is 1.62 bits per heavy atom. The summed E-state index contributed by atoms with van der Waals surface area (Å²) < 4.78 is 38.7. The molecule has 0 fully saturated rings. The van der Waals surface area contributed by atoms with Crippen LogP contribution in [0.5, 0.6) is 0 Å². The zero-order valence-corrected chi connectivity index (χ0v) is 15.9. The summed E-state index contributed by atoms with van der Waals surface area (Å²) in [5.41, 5.74) is -1.29. The normalized spacial score (nSPS) is 12.4. The molecule has 29 heavy (non-hydrogen) atoms. The molecule has 3 aromatic rings. The number of pyridine rings is 1. The lowest BCUT2D eigenvalue weighted by molar-refractivity contribution is -0.141. The van der Waals surface area contributed by atoms with E-state index in [0.29, 0.717) is 10.6 Å². The van der Waals surface area contributed by atoms with Crippen molar-refractivity contribution in [1.82, 2.24) is 10.3 Å². The highest BCUT2D eigenvalue weighted by Crippen LogP contribution is 2.28. The van der Waals surface area contributed by atoms with Crippen molar-refractivity contribution in [3.63, 3.8) is 0 Å². The van der Waals surface area contributed by atoms with Crippen LogP contribution < -0.4 is 10.9 Å². The molecule has 0 spiro atoms. The van der Waals surface area contributed by atoms with Crippen LogP contribution in [0.15, 0.2) is 65.5 Å². The fourth-order valence-corrected chi connectivity index (χ4v) is 3.11. The van der Waals surface area contributed by atoms with E-state index < -0.39 is 29.4 Å². The lowest BCUT2D eigenvalue weighted by atomic mass is 9.98. The molecule has 0 bridgehead atoms. The molecule has 0 saturated carbocycles. The van der Waals surface area contributed by atoms with E-state index in [2.05, 4.69) is 5.32 Å². The van der Waals surface area contributed by atoms with E-state index in [9.17, 15) is 22.8 Å². The molecule has 1 heterocycles. The maximum atomic E-state index is 12.9. The Bertz CT molecular complexity index is 1080. The van der Waals surface area contributed by atoms with Gasteiger partial charge in [0.2, 0.25) is 0 Å². The quantitative estimate of drug-likeness (QED) is 0.632. The second-order valence-corrected chi connectivity index (χ2v) is 6.87. The monoisotopic (exact) mass is 420 g/mol. The van der Waals surface area contributed by atoms with Gasteiger partial charge in [-0.1, -0.05) is 54.1 Å². The summed E-state index contributed by atoms with van der Waals surface area (Å²) in [6.07, 6.45) is -4.71. The van der Waals surface area contributed by atoms with Crippen LogP contribution in [-0.2, 0) is 6.18 Å². The molecule has 150 valence electrons. The number of hydrogen-bond donors (Lipinski definition) is 2. The molecule has 1 aromatic heterocycles. The van der Waals surface area contributed by atoms with E-state index >= 15 is 0 Å². The first-order chi connectivity index (χ1) is 13.7. The molecule has 2 N–H and O–H groups in total. The lowest BCUT2D eigenvalue weighted by Gasteiger charge is -2.20. The van der Waals surface area contributed by atoms with Crippen molar-refractivity contribution >= 4 is 17.5 Å². The van der Waals surface area contributed by atoms with E-state index in [4.69, 9.17) is 11.6 Å². The van der Waals surface area contributed by atoms with Gasteiger partial charge in [-0.2, -0.15) is 13.2 Å². The van der Waals surface area contributed by atoms with E-state index in [-0.39, 0.29) is 11.1 Å². The van der Waals surface area contributed by atoms with Gasteiger partial charge >= 0.3 is 6.18 Å². The van der Waals surface area contributed by atoms with Crippen LogP contribution in [0.4, 0.5) is 13.2 Å². The SMILES string of the molecule is Cc1cc(C(F)(F)F)[nH]c(=O)c1C(=O)NC(c1ccccc1)c1ccc(Cl)cc1. The zero-order chi connectivity index (χ0) is 21.2. The van der Waals surface area contributed by atoms with Crippen molar-refractivity contribution in [3.8, 4) is 0 Å². The summed E-state index contributed by atoms with van der Waals surface area (Å²) in [5, 5.41) is 3.26. The summed E-state index contributed by atoms with van der Waals surface area (Å²) in [4.78, 5) is 26.8. The molecular weight excluding hydrogens is 405 g/mol. The Balaban J connectivity index is 2.00. The smallest absolute Gasteiger partial charge is 0.341 e. The summed E-state index contributed by atoms with van der Waals surface area (Å²) in [6, 6.07) is 15.9. The Morgan fingerprint density at radius 1 is 1.03 bits per heavy atom. The second kappa shape index (κ2) is 8.13. The van der Waals surface area contributed by atoms with Crippen LogP contribution >= 0.6 is 11.6 Å². The molecule has 0 aliphatic rings. The average Bonchev–Trinajstić information content (AvgIpc) is 2.66. The summed E-state index contributed by atoms with van der Waals surface area (Å²) in [5.74, 6) is -0.777. The van der Waals surface area contributed by atoms with E-state index in [1.54, 1.807) is 53.5 Å². The third kappa shape index (κ3) is 4.68. The highest BCUT2D eigenvalue weighted by molar-refractivity contribution is 6.30. The number of hydrogen-bond acceptors (Lipinski definition) is 2. The first-order valence-electron chi connectivity index (χ1n) is 8.59. The van der Waals surface area contributed by atoms with Gasteiger partial charge in [0.05, 0.1) is 6.04 Å². The van der Waals surface area contributed by atoms with Crippen LogP contribution in [0.2, 0.25) is 5.02 Å². The molecule has 0 saturated heterocycles. The standard InChI is InChI=1S/C21H16ClF3N2O2/c1-12-11-16(21(23,24)25)26-19(28)17(12)20(29)27-18(13-5-3-2-4-6-13)14-7-9-15(22)10-8-14/h2-11,18H,1H3,(H,26,28)(H,27,29). The first-order valence-corrected chi connectivity index (χ1v) is 8.97.